The molecule has 0 heterocycles. The summed E-state index contributed by atoms with van der Waals surface area (Å²) in [6.07, 6.45) is 16.0. The average molecular weight is 319 g/mol. The van der Waals surface area contributed by atoms with E-state index >= 15 is 0 Å². The van der Waals surface area contributed by atoms with E-state index in [0.717, 1.165) is 43.4 Å². The van der Waals surface area contributed by atoms with Gasteiger partial charge in [0.25, 0.3) is 0 Å². The maximum atomic E-state index is 12.6. The first-order chi connectivity index (χ1) is 10.9. The predicted molar refractivity (Wildman–Crippen MR) is 94.1 cm³/mol. The maximum absolute atomic E-state index is 12.6. The SMILES string of the molecule is CCC1(OC(=O)CC(C)(C)CC2CC3C=CC2C3)CCCCC1. The monoisotopic (exact) mass is 318 g/mol. The molecule has 2 heteroatoms. The number of carbonyl (C=O) groups is 1. The van der Waals surface area contributed by atoms with Gasteiger partial charge in [0.15, 0.2) is 0 Å². The summed E-state index contributed by atoms with van der Waals surface area (Å²) in [5.41, 5.74) is -0.0930. The van der Waals surface area contributed by atoms with Crippen LogP contribution in [-0.4, -0.2) is 11.6 Å². The number of carbonyl (C=O) groups excluding carboxylic acids is 1. The number of ether oxygens (including phenoxy) is 1. The first-order valence-electron chi connectivity index (χ1n) is 9.82. The summed E-state index contributed by atoms with van der Waals surface area (Å²) in [4.78, 5) is 12.6. The number of hydrogen-bond donors (Lipinski definition) is 0. The fourth-order valence-electron chi connectivity index (χ4n) is 5.30. The van der Waals surface area contributed by atoms with E-state index in [9.17, 15) is 4.79 Å². The van der Waals surface area contributed by atoms with Crippen molar-refractivity contribution in [3.8, 4) is 0 Å². The molecule has 130 valence electrons. The van der Waals surface area contributed by atoms with Crippen molar-refractivity contribution in [1.82, 2.24) is 0 Å². The fraction of sp³-hybridized carbons (Fsp3) is 0.857. The molecule has 0 radical (unpaired) electrons. The highest BCUT2D eigenvalue weighted by Crippen LogP contribution is 2.48. The molecule has 0 aromatic carbocycles. The number of fused-ring (bicyclic) bond motifs is 2. The highest BCUT2D eigenvalue weighted by Gasteiger charge is 2.40. The van der Waals surface area contributed by atoms with Gasteiger partial charge in [-0.05, 0) is 74.5 Å². The Balaban J connectivity index is 1.52. The second-order valence-corrected chi connectivity index (χ2v) is 9.16. The van der Waals surface area contributed by atoms with Gasteiger partial charge in [-0.3, -0.25) is 4.79 Å². The summed E-state index contributed by atoms with van der Waals surface area (Å²) >= 11 is 0. The van der Waals surface area contributed by atoms with E-state index in [1.165, 1.54) is 32.1 Å². The van der Waals surface area contributed by atoms with Gasteiger partial charge in [0, 0.05) is 0 Å². The molecule has 0 aliphatic heterocycles. The predicted octanol–water partition coefficient (Wildman–Crippen LogP) is 5.66. The van der Waals surface area contributed by atoms with Gasteiger partial charge < -0.3 is 4.74 Å². The molecular formula is C21H34O2. The van der Waals surface area contributed by atoms with Crippen molar-refractivity contribution in [2.75, 3.05) is 0 Å². The van der Waals surface area contributed by atoms with Crippen molar-refractivity contribution in [2.24, 2.45) is 23.2 Å². The van der Waals surface area contributed by atoms with E-state index < -0.39 is 0 Å². The number of allylic oxidation sites excluding steroid dienone is 2. The molecule has 0 amide bonds. The molecular weight excluding hydrogens is 284 g/mol. The van der Waals surface area contributed by atoms with Gasteiger partial charge in [-0.15, -0.1) is 0 Å². The average Bonchev–Trinajstić information content (AvgIpc) is 3.09. The van der Waals surface area contributed by atoms with Crippen LogP contribution in [0.2, 0.25) is 0 Å². The molecule has 23 heavy (non-hydrogen) atoms. The van der Waals surface area contributed by atoms with Crippen molar-refractivity contribution in [3.05, 3.63) is 12.2 Å². The third kappa shape index (κ3) is 4.00. The highest BCUT2D eigenvalue weighted by molar-refractivity contribution is 5.70. The molecule has 2 fully saturated rings. The Morgan fingerprint density at radius 3 is 2.48 bits per heavy atom. The second kappa shape index (κ2) is 6.61. The first kappa shape index (κ1) is 17.0. The van der Waals surface area contributed by atoms with Gasteiger partial charge >= 0.3 is 5.97 Å². The molecule has 0 saturated heterocycles. The largest absolute Gasteiger partial charge is 0.459 e. The maximum Gasteiger partial charge on any atom is 0.306 e. The minimum Gasteiger partial charge on any atom is -0.459 e. The molecule has 3 aliphatic carbocycles. The van der Waals surface area contributed by atoms with Crippen LogP contribution < -0.4 is 0 Å². The summed E-state index contributed by atoms with van der Waals surface area (Å²) in [5, 5.41) is 0. The molecule has 3 unspecified atom stereocenters. The van der Waals surface area contributed by atoms with Crippen molar-refractivity contribution >= 4 is 5.97 Å². The summed E-state index contributed by atoms with van der Waals surface area (Å²) < 4.78 is 6.04. The van der Waals surface area contributed by atoms with Crippen molar-refractivity contribution in [1.29, 1.82) is 0 Å². The van der Waals surface area contributed by atoms with Crippen LogP contribution in [0.4, 0.5) is 0 Å². The van der Waals surface area contributed by atoms with E-state index in [4.69, 9.17) is 4.74 Å². The summed E-state index contributed by atoms with van der Waals surface area (Å²) in [7, 11) is 0. The van der Waals surface area contributed by atoms with E-state index in [1.54, 1.807) is 0 Å². The Labute approximate surface area is 142 Å². The minimum atomic E-state index is -0.152. The third-order valence-electron chi connectivity index (χ3n) is 6.59. The van der Waals surface area contributed by atoms with Crippen LogP contribution in [0.15, 0.2) is 12.2 Å². The van der Waals surface area contributed by atoms with Gasteiger partial charge in [-0.2, -0.15) is 0 Å². The highest BCUT2D eigenvalue weighted by atomic mass is 16.6. The van der Waals surface area contributed by atoms with Crippen LogP contribution in [0.5, 0.6) is 0 Å². The first-order valence-corrected chi connectivity index (χ1v) is 9.82. The minimum absolute atomic E-state index is 0.0393. The molecule has 0 aromatic heterocycles. The van der Waals surface area contributed by atoms with Crippen LogP contribution >= 0.6 is 0 Å². The van der Waals surface area contributed by atoms with Gasteiger partial charge in [0.05, 0.1) is 6.42 Å². The van der Waals surface area contributed by atoms with Crippen LogP contribution in [0.3, 0.4) is 0 Å². The van der Waals surface area contributed by atoms with E-state index in [2.05, 4.69) is 32.9 Å². The Bertz CT molecular complexity index is 456. The van der Waals surface area contributed by atoms with Crippen LogP contribution in [0.25, 0.3) is 0 Å². The lowest BCUT2D eigenvalue weighted by Crippen LogP contribution is -2.38. The number of rotatable bonds is 6. The number of hydrogen-bond acceptors (Lipinski definition) is 2. The normalized spacial score (nSPS) is 32.2. The molecule has 3 rings (SSSR count). The zero-order chi connectivity index (χ0) is 16.5. The zero-order valence-electron chi connectivity index (χ0n) is 15.3. The molecule has 0 spiro atoms. The Hall–Kier alpha value is -0.790. The van der Waals surface area contributed by atoms with E-state index in [0.29, 0.717) is 6.42 Å². The Kier molecular flexibility index (Phi) is 4.90. The lowest BCUT2D eigenvalue weighted by atomic mass is 9.75. The lowest BCUT2D eigenvalue weighted by molar-refractivity contribution is -0.166. The van der Waals surface area contributed by atoms with E-state index in [-0.39, 0.29) is 17.0 Å². The quantitative estimate of drug-likeness (QED) is 0.466. The van der Waals surface area contributed by atoms with Gasteiger partial charge in [0.1, 0.15) is 5.60 Å². The Morgan fingerprint density at radius 2 is 1.91 bits per heavy atom. The summed E-state index contributed by atoms with van der Waals surface area (Å²) in [5.74, 6) is 2.41. The summed E-state index contributed by atoms with van der Waals surface area (Å²) in [6.45, 7) is 6.68. The standard InChI is InChI=1S/C21H34O2/c1-4-21(10-6-5-7-11-21)23-19(22)15-20(2,3)14-18-13-16-8-9-17(18)12-16/h8-9,16-18H,4-7,10-15H2,1-3H3. The van der Waals surface area contributed by atoms with Crippen LogP contribution in [0, 0.1) is 23.2 Å². The van der Waals surface area contributed by atoms with Crippen molar-refractivity contribution < 1.29 is 9.53 Å². The van der Waals surface area contributed by atoms with Crippen LogP contribution in [0.1, 0.15) is 85.0 Å². The summed E-state index contributed by atoms with van der Waals surface area (Å²) in [6, 6.07) is 0. The van der Waals surface area contributed by atoms with Crippen molar-refractivity contribution in [3.63, 3.8) is 0 Å². The van der Waals surface area contributed by atoms with Crippen molar-refractivity contribution in [2.45, 2.75) is 90.6 Å². The fourth-order valence-corrected chi connectivity index (χ4v) is 5.30. The molecule has 2 saturated carbocycles. The lowest BCUT2D eigenvalue weighted by Gasteiger charge is -2.37. The topological polar surface area (TPSA) is 26.3 Å². The van der Waals surface area contributed by atoms with Gasteiger partial charge in [-0.1, -0.05) is 39.3 Å². The molecule has 0 aromatic rings. The number of esters is 1. The molecule has 3 atom stereocenters. The molecule has 2 nitrogen and oxygen atoms in total. The third-order valence-corrected chi connectivity index (χ3v) is 6.59. The smallest absolute Gasteiger partial charge is 0.306 e. The van der Waals surface area contributed by atoms with Gasteiger partial charge in [0.2, 0.25) is 0 Å². The van der Waals surface area contributed by atoms with E-state index in [1.807, 2.05) is 0 Å². The Morgan fingerprint density at radius 1 is 1.17 bits per heavy atom. The second-order valence-electron chi connectivity index (χ2n) is 9.16. The van der Waals surface area contributed by atoms with Crippen LogP contribution in [-0.2, 0) is 9.53 Å². The van der Waals surface area contributed by atoms with Gasteiger partial charge in [-0.25, -0.2) is 0 Å². The molecule has 2 bridgehead atoms. The molecule has 0 N–H and O–H groups in total. The zero-order valence-corrected chi connectivity index (χ0v) is 15.3. The molecule has 3 aliphatic rings.